The molecule has 1 amide bonds. The Labute approximate surface area is 112 Å². The quantitative estimate of drug-likeness (QED) is 0.847. The van der Waals surface area contributed by atoms with Gasteiger partial charge < -0.3 is 10.0 Å². The molecule has 0 spiro atoms. The summed E-state index contributed by atoms with van der Waals surface area (Å²) < 4.78 is 39.0. The monoisotopic (exact) mass is 287 g/mol. The third-order valence-electron chi connectivity index (χ3n) is 3.29. The van der Waals surface area contributed by atoms with Crippen LogP contribution < -0.4 is 0 Å². The molecule has 1 aliphatic rings. The molecule has 1 saturated heterocycles. The van der Waals surface area contributed by atoms with Gasteiger partial charge in [-0.05, 0) is 25.0 Å². The molecule has 1 fully saturated rings. The van der Waals surface area contributed by atoms with E-state index in [0.717, 1.165) is 0 Å². The van der Waals surface area contributed by atoms with Crippen LogP contribution in [0.3, 0.4) is 0 Å². The standard InChI is InChI=1S/C13H12F3NO3/c14-9-4-8(5-10(15)11(9)16)12(18)17-3-1-2-7(6-17)13(19)20/h4-5,7H,1-3,6H2,(H,19,20). The second-order valence-electron chi connectivity index (χ2n) is 4.68. The number of nitrogens with zero attached hydrogens (tertiary/aromatic N) is 1. The molecule has 108 valence electrons. The molecule has 1 N–H and O–H groups in total. The summed E-state index contributed by atoms with van der Waals surface area (Å²) in [5.41, 5.74) is -0.326. The third-order valence-corrected chi connectivity index (χ3v) is 3.29. The van der Waals surface area contributed by atoms with Crippen molar-refractivity contribution in [2.45, 2.75) is 12.8 Å². The molecule has 1 heterocycles. The number of hydrogen-bond donors (Lipinski definition) is 1. The van der Waals surface area contributed by atoms with Gasteiger partial charge in [-0.2, -0.15) is 0 Å². The van der Waals surface area contributed by atoms with Crippen LogP contribution in [0.25, 0.3) is 0 Å². The van der Waals surface area contributed by atoms with E-state index in [2.05, 4.69) is 0 Å². The van der Waals surface area contributed by atoms with E-state index in [1.165, 1.54) is 4.90 Å². The average Bonchev–Trinajstić information content (AvgIpc) is 2.43. The van der Waals surface area contributed by atoms with Crippen molar-refractivity contribution in [2.24, 2.45) is 5.92 Å². The number of likely N-dealkylation sites (tertiary alicyclic amines) is 1. The Bertz CT molecular complexity index is 539. The normalized spacial score (nSPS) is 18.9. The smallest absolute Gasteiger partial charge is 0.308 e. The molecule has 1 aromatic carbocycles. The van der Waals surface area contributed by atoms with Crippen LogP contribution in [0.1, 0.15) is 23.2 Å². The van der Waals surface area contributed by atoms with Crippen LogP contribution >= 0.6 is 0 Å². The highest BCUT2D eigenvalue weighted by Crippen LogP contribution is 2.20. The molecule has 1 aromatic rings. The lowest BCUT2D eigenvalue weighted by molar-refractivity contribution is -0.143. The fraction of sp³-hybridized carbons (Fsp3) is 0.385. The van der Waals surface area contributed by atoms with Crippen molar-refractivity contribution in [1.82, 2.24) is 4.90 Å². The number of carbonyl (C=O) groups is 2. The second kappa shape index (κ2) is 5.52. The molecule has 0 aliphatic carbocycles. The number of piperidine rings is 1. The summed E-state index contributed by atoms with van der Waals surface area (Å²) in [7, 11) is 0. The first-order chi connectivity index (χ1) is 9.40. The molecule has 1 unspecified atom stereocenters. The lowest BCUT2D eigenvalue weighted by Gasteiger charge is -2.30. The maximum atomic E-state index is 13.1. The Hall–Kier alpha value is -2.05. The van der Waals surface area contributed by atoms with Gasteiger partial charge in [0.15, 0.2) is 17.5 Å². The van der Waals surface area contributed by atoms with Crippen LogP contribution in [-0.2, 0) is 4.79 Å². The summed E-state index contributed by atoms with van der Waals surface area (Å²) in [5, 5.41) is 8.93. The van der Waals surface area contributed by atoms with E-state index in [1.807, 2.05) is 0 Å². The Morgan fingerprint density at radius 3 is 2.35 bits per heavy atom. The number of carboxylic acids is 1. The number of benzene rings is 1. The topological polar surface area (TPSA) is 57.6 Å². The van der Waals surface area contributed by atoms with Crippen molar-refractivity contribution in [3.8, 4) is 0 Å². The predicted octanol–water partition coefficient (Wildman–Crippen LogP) is 2.04. The van der Waals surface area contributed by atoms with Crippen molar-refractivity contribution in [3.05, 3.63) is 35.1 Å². The zero-order valence-corrected chi connectivity index (χ0v) is 10.4. The van der Waals surface area contributed by atoms with Gasteiger partial charge in [-0.1, -0.05) is 0 Å². The lowest BCUT2D eigenvalue weighted by Crippen LogP contribution is -2.42. The van der Waals surface area contributed by atoms with Gasteiger partial charge >= 0.3 is 5.97 Å². The Morgan fingerprint density at radius 2 is 1.80 bits per heavy atom. The van der Waals surface area contributed by atoms with Crippen LogP contribution in [0.4, 0.5) is 13.2 Å². The minimum atomic E-state index is -1.64. The van der Waals surface area contributed by atoms with Crippen molar-refractivity contribution >= 4 is 11.9 Å². The highest BCUT2D eigenvalue weighted by atomic mass is 19.2. The number of hydrogen-bond acceptors (Lipinski definition) is 2. The number of carbonyl (C=O) groups excluding carboxylic acids is 1. The summed E-state index contributed by atoms with van der Waals surface area (Å²) >= 11 is 0. The highest BCUT2D eigenvalue weighted by molar-refractivity contribution is 5.94. The zero-order valence-electron chi connectivity index (χ0n) is 10.4. The van der Waals surface area contributed by atoms with E-state index in [1.54, 1.807) is 0 Å². The Kier molecular flexibility index (Phi) is 3.96. The minimum absolute atomic E-state index is 0.0191. The molecule has 0 aromatic heterocycles. The molecule has 1 atom stereocenters. The summed E-state index contributed by atoms with van der Waals surface area (Å²) in [5.74, 6) is -6.93. The molecule has 2 rings (SSSR count). The molecule has 1 aliphatic heterocycles. The van der Waals surface area contributed by atoms with E-state index in [4.69, 9.17) is 5.11 Å². The fourth-order valence-corrected chi connectivity index (χ4v) is 2.22. The Balaban J connectivity index is 2.21. The van der Waals surface area contributed by atoms with Gasteiger partial charge in [-0.25, -0.2) is 13.2 Å². The van der Waals surface area contributed by atoms with Gasteiger partial charge in [0.1, 0.15) is 0 Å². The molecule has 20 heavy (non-hydrogen) atoms. The molecule has 7 heteroatoms. The van der Waals surface area contributed by atoms with Crippen molar-refractivity contribution in [3.63, 3.8) is 0 Å². The van der Waals surface area contributed by atoms with Crippen LogP contribution in [-0.4, -0.2) is 35.0 Å². The maximum Gasteiger partial charge on any atom is 0.308 e. The molecule has 4 nitrogen and oxygen atoms in total. The Morgan fingerprint density at radius 1 is 1.20 bits per heavy atom. The van der Waals surface area contributed by atoms with Crippen LogP contribution in [0.15, 0.2) is 12.1 Å². The van der Waals surface area contributed by atoms with E-state index in [0.29, 0.717) is 31.5 Å². The molecular weight excluding hydrogens is 275 g/mol. The molecular formula is C13H12F3NO3. The summed E-state index contributed by atoms with van der Waals surface area (Å²) in [6.45, 7) is 0.290. The van der Waals surface area contributed by atoms with Gasteiger partial charge in [-0.3, -0.25) is 9.59 Å². The van der Waals surface area contributed by atoms with Crippen LogP contribution in [0.5, 0.6) is 0 Å². The van der Waals surface area contributed by atoms with E-state index in [-0.39, 0.29) is 12.1 Å². The molecule has 0 bridgehead atoms. The highest BCUT2D eigenvalue weighted by Gasteiger charge is 2.29. The predicted molar refractivity (Wildman–Crippen MR) is 62.6 cm³/mol. The minimum Gasteiger partial charge on any atom is -0.481 e. The first-order valence-electron chi connectivity index (χ1n) is 6.06. The van der Waals surface area contributed by atoms with Gasteiger partial charge in [-0.15, -0.1) is 0 Å². The van der Waals surface area contributed by atoms with E-state index in [9.17, 15) is 22.8 Å². The first-order valence-corrected chi connectivity index (χ1v) is 6.06. The van der Waals surface area contributed by atoms with Crippen molar-refractivity contribution < 1.29 is 27.9 Å². The fourth-order valence-electron chi connectivity index (χ4n) is 2.22. The summed E-state index contributed by atoms with van der Waals surface area (Å²) in [4.78, 5) is 24.2. The molecule has 0 saturated carbocycles. The summed E-state index contributed by atoms with van der Waals surface area (Å²) in [6.07, 6.45) is 0.945. The number of carboxylic acid groups (broad SMARTS) is 1. The van der Waals surface area contributed by atoms with Gasteiger partial charge in [0.25, 0.3) is 5.91 Å². The summed E-state index contributed by atoms with van der Waals surface area (Å²) in [6, 6.07) is 1.23. The largest absolute Gasteiger partial charge is 0.481 e. The SMILES string of the molecule is O=C(O)C1CCCN(C(=O)c2cc(F)c(F)c(F)c2)C1. The zero-order chi connectivity index (χ0) is 14.9. The van der Waals surface area contributed by atoms with Crippen molar-refractivity contribution in [1.29, 1.82) is 0 Å². The average molecular weight is 287 g/mol. The van der Waals surface area contributed by atoms with E-state index >= 15 is 0 Å². The van der Waals surface area contributed by atoms with Gasteiger partial charge in [0.2, 0.25) is 0 Å². The van der Waals surface area contributed by atoms with Gasteiger partial charge in [0.05, 0.1) is 5.92 Å². The van der Waals surface area contributed by atoms with Crippen molar-refractivity contribution in [2.75, 3.05) is 13.1 Å². The lowest BCUT2D eigenvalue weighted by atomic mass is 9.97. The third kappa shape index (κ3) is 2.76. The van der Waals surface area contributed by atoms with Gasteiger partial charge in [0, 0.05) is 18.7 Å². The number of amides is 1. The maximum absolute atomic E-state index is 13.1. The first kappa shape index (κ1) is 14.4. The van der Waals surface area contributed by atoms with Crippen LogP contribution in [0.2, 0.25) is 0 Å². The number of rotatable bonds is 2. The van der Waals surface area contributed by atoms with E-state index < -0.39 is 35.2 Å². The number of halogens is 3. The second-order valence-corrected chi connectivity index (χ2v) is 4.68. The van der Waals surface area contributed by atoms with Crippen LogP contribution in [0, 0.1) is 23.4 Å². The number of aliphatic carboxylic acids is 1. The molecule has 0 radical (unpaired) electrons.